The van der Waals surface area contributed by atoms with Gasteiger partial charge in [-0.05, 0) is 67.5 Å². The molecule has 2 aromatic rings. The minimum absolute atomic E-state index is 0.983. The minimum atomic E-state index is 0.983. The van der Waals surface area contributed by atoms with Crippen molar-refractivity contribution in [2.45, 2.75) is 13.8 Å². The summed E-state index contributed by atoms with van der Waals surface area (Å²) < 4.78 is 4.37. The van der Waals surface area contributed by atoms with Gasteiger partial charge in [-0.3, -0.25) is 0 Å². The summed E-state index contributed by atoms with van der Waals surface area (Å²) in [5.74, 6) is 0. The van der Waals surface area contributed by atoms with Crippen LogP contribution >= 0.6 is 0 Å². The van der Waals surface area contributed by atoms with E-state index in [9.17, 15) is 0 Å². The lowest BCUT2D eigenvalue weighted by atomic mass is 10.2. The molecular weight excluding hydrogens is 330 g/mol. The Morgan fingerprint density at radius 3 is 2.15 bits per heavy atom. The first-order valence-electron chi connectivity index (χ1n) is 9.18. The van der Waals surface area contributed by atoms with E-state index in [4.69, 9.17) is 4.98 Å². The van der Waals surface area contributed by atoms with Crippen molar-refractivity contribution >= 4 is 35.1 Å². The topological polar surface area (TPSA) is 20.8 Å². The van der Waals surface area contributed by atoms with E-state index >= 15 is 0 Å². The maximum absolute atomic E-state index is 4.71. The van der Waals surface area contributed by atoms with E-state index in [0.717, 1.165) is 17.0 Å². The number of fused-ring (bicyclic) bond motifs is 6. The molecule has 0 spiro atoms. The van der Waals surface area contributed by atoms with Gasteiger partial charge < -0.3 is 4.57 Å². The fourth-order valence-corrected chi connectivity index (χ4v) is 3.37. The third kappa shape index (κ3) is 3.68. The van der Waals surface area contributed by atoms with Gasteiger partial charge in [-0.2, -0.15) is 0 Å². The summed E-state index contributed by atoms with van der Waals surface area (Å²) in [6, 6.07) is 19.5. The summed E-state index contributed by atoms with van der Waals surface area (Å²) >= 11 is 0. The predicted octanol–water partition coefficient (Wildman–Crippen LogP) is 5.19. The van der Waals surface area contributed by atoms with Crippen molar-refractivity contribution in [1.82, 2.24) is 9.55 Å². The first-order valence-corrected chi connectivity index (χ1v) is 9.18. The highest BCUT2D eigenvalue weighted by atomic mass is 15.0. The summed E-state index contributed by atoms with van der Waals surface area (Å²) in [5.41, 5.74) is 9.06. The maximum atomic E-state index is 4.71. The molecule has 0 N–H and O–H groups in total. The molecule has 0 saturated carbocycles. The first-order chi connectivity index (χ1) is 13.0. The Labute approximate surface area is 160 Å². The number of rotatable bonds is 0. The molecule has 27 heavy (non-hydrogen) atoms. The van der Waals surface area contributed by atoms with Gasteiger partial charge in [-0.1, -0.05) is 12.1 Å². The van der Waals surface area contributed by atoms with Crippen LogP contribution < -0.4 is 0 Å². The second-order valence-electron chi connectivity index (χ2n) is 7.24. The second kappa shape index (κ2) is 6.84. The van der Waals surface area contributed by atoms with Crippen molar-refractivity contribution in [1.29, 1.82) is 0 Å². The van der Waals surface area contributed by atoms with Crippen LogP contribution in [0.3, 0.4) is 0 Å². The molecule has 2 aliphatic heterocycles. The van der Waals surface area contributed by atoms with Crippen LogP contribution in [0, 0.1) is 13.8 Å². The Kier molecular flexibility index (Phi) is 4.36. The molecule has 3 nitrogen and oxygen atoms in total. The molecule has 0 amide bonds. The van der Waals surface area contributed by atoms with Crippen LogP contribution in [0.2, 0.25) is 0 Å². The molecule has 4 rings (SSSR count). The molecule has 134 valence electrons. The van der Waals surface area contributed by atoms with E-state index in [2.05, 4.69) is 110 Å². The van der Waals surface area contributed by atoms with Gasteiger partial charge in [0.1, 0.15) is 7.05 Å². The van der Waals surface area contributed by atoms with Gasteiger partial charge in [-0.25, -0.2) is 9.56 Å². The van der Waals surface area contributed by atoms with Crippen molar-refractivity contribution in [3.63, 3.8) is 0 Å². The largest absolute Gasteiger partial charge is 0.344 e. The molecule has 0 atom stereocenters. The number of aromatic nitrogens is 2. The van der Waals surface area contributed by atoms with Crippen molar-refractivity contribution in [2.75, 3.05) is 7.05 Å². The predicted molar refractivity (Wildman–Crippen MR) is 114 cm³/mol. The van der Waals surface area contributed by atoms with Gasteiger partial charge in [-0.15, -0.1) is 0 Å². The normalized spacial score (nSPS) is 12.5. The quantitative estimate of drug-likeness (QED) is 0.509. The molecule has 2 aromatic heterocycles. The van der Waals surface area contributed by atoms with Gasteiger partial charge in [0.05, 0.1) is 11.4 Å². The average molecular weight is 354 g/mol. The summed E-state index contributed by atoms with van der Waals surface area (Å²) in [4.78, 5) is 4.71. The fourth-order valence-electron chi connectivity index (χ4n) is 3.37. The zero-order valence-corrected chi connectivity index (χ0v) is 16.3. The van der Waals surface area contributed by atoms with Crippen LogP contribution in [-0.2, 0) is 7.05 Å². The van der Waals surface area contributed by atoms with Crippen molar-refractivity contribution in [3.05, 3.63) is 82.7 Å². The molecule has 3 heteroatoms. The Hall–Kier alpha value is -3.20. The van der Waals surface area contributed by atoms with E-state index in [-0.39, 0.29) is 0 Å². The maximum Gasteiger partial charge on any atom is 0.207 e. The number of hydrogen-bond acceptors (Lipinski definition) is 1. The zero-order valence-electron chi connectivity index (χ0n) is 16.3. The molecule has 0 fully saturated rings. The highest BCUT2D eigenvalue weighted by Gasteiger charge is 2.12. The highest BCUT2D eigenvalue weighted by Crippen LogP contribution is 2.20. The van der Waals surface area contributed by atoms with Gasteiger partial charge >= 0.3 is 0 Å². The fraction of sp³-hybridized carbons (Fsp3) is 0.167. The van der Waals surface area contributed by atoms with E-state index in [0.29, 0.717) is 0 Å². The number of nitrogens with zero attached hydrogens (tertiary/aromatic N) is 3. The third-order valence-electron chi connectivity index (χ3n) is 4.92. The Bertz CT molecular complexity index is 1160. The minimum Gasteiger partial charge on any atom is -0.344 e. The number of aryl methyl sites for hydroxylation is 3. The summed E-state index contributed by atoms with van der Waals surface area (Å²) in [6.07, 6.45) is 6.27. The monoisotopic (exact) mass is 354 g/mol. The van der Waals surface area contributed by atoms with Crippen molar-refractivity contribution < 1.29 is 4.58 Å². The van der Waals surface area contributed by atoms with E-state index in [1.807, 2.05) is 0 Å². The molecular formula is C24H24N3+. The van der Waals surface area contributed by atoms with Crippen LogP contribution in [0.1, 0.15) is 28.1 Å². The Balaban J connectivity index is 2.06. The van der Waals surface area contributed by atoms with Crippen LogP contribution in [0.5, 0.6) is 0 Å². The van der Waals surface area contributed by atoms with Crippen LogP contribution in [0.15, 0.2) is 54.6 Å². The Morgan fingerprint density at radius 1 is 0.778 bits per heavy atom. The summed E-state index contributed by atoms with van der Waals surface area (Å²) in [5, 5.41) is 0. The van der Waals surface area contributed by atoms with E-state index < -0.39 is 0 Å². The zero-order chi connectivity index (χ0) is 19.0. The molecule has 0 radical (unpaired) electrons. The van der Waals surface area contributed by atoms with Crippen LogP contribution in [0.4, 0.5) is 5.69 Å². The average Bonchev–Trinajstić information content (AvgIpc) is 3.29. The SMILES string of the molecule is Cc1ccc(C)cc2ccc(cc3cc(cc4nc(c1)C=C4)C=[N+]3C)n2C. The molecule has 6 bridgehead atoms. The van der Waals surface area contributed by atoms with Crippen LogP contribution in [-0.4, -0.2) is 27.4 Å². The highest BCUT2D eigenvalue weighted by molar-refractivity contribution is 5.82. The van der Waals surface area contributed by atoms with Gasteiger partial charge in [0.15, 0.2) is 6.21 Å². The Morgan fingerprint density at radius 2 is 1.41 bits per heavy atom. The molecule has 0 unspecified atom stereocenters. The molecule has 0 aliphatic carbocycles. The first kappa shape index (κ1) is 17.2. The lowest BCUT2D eigenvalue weighted by Crippen LogP contribution is -1.93. The second-order valence-corrected chi connectivity index (χ2v) is 7.24. The van der Waals surface area contributed by atoms with E-state index in [1.54, 1.807) is 0 Å². The van der Waals surface area contributed by atoms with Gasteiger partial charge in [0.2, 0.25) is 5.69 Å². The third-order valence-corrected chi connectivity index (χ3v) is 4.92. The lowest BCUT2D eigenvalue weighted by molar-refractivity contribution is -0.396. The summed E-state index contributed by atoms with van der Waals surface area (Å²) in [6.45, 7) is 4.24. The molecule has 0 saturated heterocycles. The molecule has 0 aromatic carbocycles. The smallest absolute Gasteiger partial charge is 0.207 e. The van der Waals surface area contributed by atoms with E-state index in [1.165, 1.54) is 27.8 Å². The van der Waals surface area contributed by atoms with Crippen molar-refractivity contribution in [2.24, 2.45) is 7.05 Å². The van der Waals surface area contributed by atoms with Gasteiger partial charge in [0.25, 0.3) is 0 Å². The standard InChI is InChI=1S/C24H24N3/c1-17-5-6-18(2)12-22-9-10-23(27(22)4)15-24-14-19(16-26(24)3)13-21-8-7-20(11-17)25-21/h5-16H,1-4H3/q+1. The number of hydrogen-bond donors (Lipinski definition) is 0. The molecule has 4 heterocycles. The van der Waals surface area contributed by atoms with Crippen molar-refractivity contribution in [3.8, 4) is 0 Å². The lowest BCUT2D eigenvalue weighted by Gasteiger charge is -1.96. The summed E-state index contributed by atoms with van der Waals surface area (Å²) in [7, 11) is 4.19. The molecule has 2 aliphatic rings. The van der Waals surface area contributed by atoms with Crippen LogP contribution in [0.25, 0.3) is 23.2 Å². The van der Waals surface area contributed by atoms with Gasteiger partial charge in [0, 0.05) is 35.8 Å².